The Morgan fingerprint density at radius 3 is 2.42 bits per heavy atom. The number of ether oxygens (including phenoxy) is 1. The van der Waals surface area contributed by atoms with Crippen molar-refractivity contribution >= 4 is 5.78 Å². The fourth-order valence-corrected chi connectivity index (χ4v) is 1.58. The number of hydrogen-bond donors (Lipinski definition) is 0. The summed E-state index contributed by atoms with van der Waals surface area (Å²) in [6.07, 6.45) is 1.52. The van der Waals surface area contributed by atoms with Crippen molar-refractivity contribution in [3.63, 3.8) is 0 Å². The summed E-state index contributed by atoms with van der Waals surface area (Å²) >= 11 is 0. The molecule has 2 nitrogen and oxygen atoms in total. The molecule has 2 heteroatoms. The van der Waals surface area contributed by atoms with Gasteiger partial charge >= 0.3 is 0 Å². The molecule has 0 aromatic carbocycles. The highest BCUT2D eigenvalue weighted by Crippen LogP contribution is 2.36. The van der Waals surface area contributed by atoms with Crippen LogP contribution >= 0.6 is 0 Å². The fraction of sp³-hybridized carbons (Fsp3) is 0.700. The molecule has 0 radical (unpaired) electrons. The maximum absolute atomic E-state index is 11.4. The van der Waals surface area contributed by atoms with E-state index in [0.29, 0.717) is 6.42 Å². The van der Waals surface area contributed by atoms with Gasteiger partial charge in [-0.3, -0.25) is 4.79 Å². The Morgan fingerprint density at radius 1 is 1.33 bits per heavy atom. The van der Waals surface area contributed by atoms with Crippen molar-refractivity contribution in [3.8, 4) is 0 Å². The van der Waals surface area contributed by atoms with Crippen molar-refractivity contribution < 1.29 is 9.53 Å². The van der Waals surface area contributed by atoms with Gasteiger partial charge in [0.25, 0.3) is 0 Å². The molecule has 1 rings (SSSR count). The van der Waals surface area contributed by atoms with Crippen LogP contribution < -0.4 is 0 Å². The molecule has 0 aromatic heterocycles. The van der Waals surface area contributed by atoms with Crippen LogP contribution in [0.3, 0.4) is 0 Å². The Kier molecular flexibility index (Phi) is 2.27. The van der Waals surface area contributed by atoms with Crippen LogP contribution in [0, 0.1) is 5.41 Å². The molecule has 0 amide bonds. The van der Waals surface area contributed by atoms with E-state index < -0.39 is 0 Å². The molecule has 0 heterocycles. The zero-order valence-electron chi connectivity index (χ0n) is 8.23. The predicted molar refractivity (Wildman–Crippen MR) is 47.7 cm³/mol. The molecule has 0 aromatic rings. The number of allylic oxidation sites excluding steroid dienone is 2. The van der Waals surface area contributed by atoms with E-state index in [1.807, 2.05) is 6.92 Å². The maximum Gasteiger partial charge on any atom is 0.162 e. The molecule has 0 atom stereocenters. The van der Waals surface area contributed by atoms with Crippen LogP contribution in [0.2, 0.25) is 0 Å². The van der Waals surface area contributed by atoms with Gasteiger partial charge in [-0.05, 0) is 12.3 Å². The van der Waals surface area contributed by atoms with Crippen molar-refractivity contribution in [2.24, 2.45) is 5.41 Å². The summed E-state index contributed by atoms with van der Waals surface area (Å²) in [5.41, 5.74) is 0.874. The Balaban J connectivity index is 2.95. The molecule has 0 bridgehead atoms. The van der Waals surface area contributed by atoms with Gasteiger partial charge in [0, 0.05) is 18.4 Å². The third kappa shape index (κ3) is 1.68. The minimum atomic E-state index is 0.0714. The van der Waals surface area contributed by atoms with Crippen LogP contribution in [-0.2, 0) is 9.53 Å². The van der Waals surface area contributed by atoms with Crippen molar-refractivity contribution in [2.45, 2.75) is 33.6 Å². The molecule has 1 aliphatic rings. The number of carbonyl (C=O) groups is 1. The first-order valence-electron chi connectivity index (χ1n) is 4.23. The summed E-state index contributed by atoms with van der Waals surface area (Å²) in [6, 6.07) is 0. The van der Waals surface area contributed by atoms with Crippen molar-refractivity contribution in [1.29, 1.82) is 0 Å². The Hall–Kier alpha value is -0.790. The molecule has 0 unspecified atom stereocenters. The maximum atomic E-state index is 11.4. The molecular formula is C10H16O2. The summed E-state index contributed by atoms with van der Waals surface area (Å²) in [7, 11) is 1.63. The van der Waals surface area contributed by atoms with Crippen molar-refractivity contribution in [3.05, 3.63) is 11.3 Å². The van der Waals surface area contributed by atoms with Crippen LogP contribution in [0.1, 0.15) is 33.6 Å². The minimum absolute atomic E-state index is 0.0714. The summed E-state index contributed by atoms with van der Waals surface area (Å²) in [5, 5.41) is 0. The van der Waals surface area contributed by atoms with E-state index in [9.17, 15) is 4.79 Å². The summed E-state index contributed by atoms with van der Waals surface area (Å²) < 4.78 is 5.17. The number of hydrogen-bond acceptors (Lipinski definition) is 2. The topological polar surface area (TPSA) is 26.3 Å². The Labute approximate surface area is 73.6 Å². The van der Waals surface area contributed by atoms with Gasteiger partial charge in [0.05, 0.1) is 7.11 Å². The Morgan fingerprint density at radius 2 is 1.92 bits per heavy atom. The second-order valence-corrected chi connectivity index (χ2v) is 4.19. The molecule has 68 valence electrons. The molecule has 0 fully saturated rings. The zero-order chi connectivity index (χ0) is 9.35. The van der Waals surface area contributed by atoms with Crippen molar-refractivity contribution in [2.75, 3.05) is 7.11 Å². The number of methoxy groups -OCH3 is 1. The second-order valence-electron chi connectivity index (χ2n) is 4.19. The van der Waals surface area contributed by atoms with E-state index in [2.05, 4.69) is 13.8 Å². The number of rotatable bonds is 1. The Bertz CT molecular complexity index is 236. The van der Waals surface area contributed by atoms with Crippen LogP contribution in [0.15, 0.2) is 11.3 Å². The van der Waals surface area contributed by atoms with E-state index in [-0.39, 0.29) is 11.2 Å². The van der Waals surface area contributed by atoms with Crippen LogP contribution in [0.4, 0.5) is 0 Å². The molecule has 0 saturated carbocycles. The van der Waals surface area contributed by atoms with Crippen LogP contribution in [0.5, 0.6) is 0 Å². The van der Waals surface area contributed by atoms with Gasteiger partial charge < -0.3 is 4.74 Å². The minimum Gasteiger partial charge on any atom is -0.501 e. The summed E-state index contributed by atoms with van der Waals surface area (Å²) in [4.78, 5) is 11.4. The first-order chi connectivity index (χ1) is 5.46. The van der Waals surface area contributed by atoms with Gasteiger partial charge in [-0.1, -0.05) is 13.8 Å². The zero-order valence-corrected chi connectivity index (χ0v) is 8.23. The fourth-order valence-electron chi connectivity index (χ4n) is 1.58. The third-order valence-corrected chi connectivity index (χ3v) is 2.36. The number of Topliss-reactive ketones (excluding diaryl/α,β-unsaturated/α-hetero) is 1. The summed E-state index contributed by atoms with van der Waals surface area (Å²) in [5.74, 6) is 1.08. The highest BCUT2D eigenvalue weighted by atomic mass is 16.5. The standard InChI is InChI=1S/C10H16O2/c1-7-8(11)5-10(2,3)6-9(7)12-4/h5-6H2,1-4H3. The lowest BCUT2D eigenvalue weighted by atomic mass is 9.77. The van der Waals surface area contributed by atoms with E-state index in [0.717, 1.165) is 17.8 Å². The molecule has 12 heavy (non-hydrogen) atoms. The smallest absolute Gasteiger partial charge is 0.162 e. The van der Waals surface area contributed by atoms with Crippen LogP contribution in [-0.4, -0.2) is 12.9 Å². The molecule has 0 saturated heterocycles. The molecule has 1 aliphatic carbocycles. The highest BCUT2D eigenvalue weighted by molar-refractivity contribution is 5.96. The molecule has 0 spiro atoms. The lowest BCUT2D eigenvalue weighted by Crippen LogP contribution is -2.25. The van der Waals surface area contributed by atoms with Gasteiger partial charge in [0.15, 0.2) is 5.78 Å². The van der Waals surface area contributed by atoms with Crippen molar-refractivity contribution in [1.82, 2.24) is 0 Å². The normalized spacial score (nSPS) is 22.8. The lowest BCUT2D eigenvalue weighted by Gasteiger charge is -2.30. The largest absolute Gasteiger partial charge is 0.501 e. The van der Waals surface area contributed by atoms with E-state index in [1.54, 1.807) is 7.11 Å². The van der Waals surface area contributed by atoms with Gasteiger partial charge in [0.1, 0.15) is 5.76 Å². The van der Waals surface area contributed by atoms with Gasteiger partial charge in [0.2, 0.25) is 0 Å². The van der Waals surface area contributed by atoms with Crippen LogP contribution in [0.25, 0.3) is 0 Å². The highest BCUT2D eigenvalue weighted by Gasteiger charge is 2.31. The average molecular weight is 168 g/mol. The summed E-state index contributed by atoms with van der Waals surface area (Å²) in [6.45, 7) is 6.03. The van der Waals surface area contributed by atoms with E-state index in [4.69, 9.17) is 4.74 Å². The van der Waals surface area contributed by atoms with Gasteiger partial charge in [-0.25, -0.2) is 0 Å². The quantitative estimate of drug-likeness (QED) is 0.600. The lowest BCUT2D eigenvalue weighted by molar-refractivity contribution is -0.118. The van der Waals surface area contributed by atoms with Gasteiger partial charge in [-0.2, -0.15) is 0 Å². The third-order valence-electron chi connectivity index (χ3n) is 2.36. The number of carbonyl (C=O) groups excluding carboxylic acids is 1. The number of ketones is 1. The van der Waals surface area contributed by atoms with E-state index >= 15 is 0 Å². The molecular weight excluding hydrogens is 152 g/mol. The van der Waals surface area contributed by atoms with E-state index in [1.165, 1.54) is 0 Å². The van der Waals surface area contributed by atoms with Gasteiger partial charge in [-0.15, -0.1) is 0 Å². The predicted octanol–water partition coefficient (Wildman–Crippen LogP) is 2.30. The average Bonchev–Trinajstić information content (AvgIpc) is 1.96. The second kappa shape index (κ2) is 2.92. The first kappa shape index (κ1) is 9.30. The molecule has 0 N–H and O–H groups in total. The SMILES string of the molecule is COC1=C(C)C(=O)CC(C)(C)C1. The molecule has 0 aliphatic heterocycles. The monoisotopic (exact) mass is 168 g/mol. The first-order valence-corrected chi connectivity index (χ1v) is 4.23.